The Balaban J connectivity index is 2.86. The van der Waals surface area contributed by atoms with Crippen LogP contribution >= 0.6 is 31.9 Å². The number of benzene rings is 1. The third-order valence-corrected chi connectivity index (χ3v) is 3.36. The molecule has 0 radical (unpaired) electrons. The van der Waals surface area contributed by atoms with E-state index in [4.69, 9.17) is 4.42 Å². The molecule has 1 heterocycles. The molecular formula is C8H4Br2O. The van der Waals surface area contributed by atoms with Crippen molar-refractivity contribution in [3.63, 3.8) is 0 Å². The van der Waals surface area contributed by atoms with Crippen molar-refractivity contribution in [2.45, 2.75) is 0 Å². The van der Waals surface area contributed by atoms with Crippen LogP contribution < -0.4 is 0 Å². The first-order valence-electron chi connectivity index (χ1n) is 3.08. The van der Waals surface area contributed by atoms with Gasteiger partial charge >= 0.3 is 0 Å². The van der Waals surface area contributed by atoms with E-state index in [2.05, 4.69) is 31.9 Å². The van der Waals surface area contributed by atoms with Crippen molar-refractivity contribution in [3.05, 3.63) is 33.6 Å². The zero-order valence-electron chi connectivity index (χ0n) is 5.47. The molecule has 0 spiro atoms. The summed E-state index contributed by atoms with van der Waals surface area (Å²) in [6.45, 7) is 0. The molecule has 1 aromatic carbocycles. The Hall–Kier alpha value is -0.280. The summed E-state index contributed by atoms with van der Waals surface area (Å²) in [7, 11) is 0. The lowest BCUT2D eigenvalue weighted by Gasteiger charge is -1.93. The molecule has 11 heavy (non-hydrogen) atoms. The molecule has 2 aromatic rings. The number of rotatable bonds is 0. The summed E-state index contributed by atoms with van der Waals surface area (Å²) in [5.74, 6) is 0. The van der Waals surface area contributed by atoms with Crippen LogP contribution in [0, 0.1) is 0 Å². The SMILES string of the molecule is Brc1cc2cocc2cc1Br. The molecular weight excluding hydrogens is 272 g/mol. The van der Waals surface area contributed by atoms with E-state index in [1.54, 1.807) is 12.5 Å². The van der Waals surface area contributed by atoms with Gasteiger partial charge in [-0.15, -0.1) is 0 Å². The summed E-state index contributed by atoms with van der Waals surface area (Å²) in [6.07, 6.45) is 3.46. The standard InChI is InChI=1S/C8H4Br2O/c9-7-1-5-3-11-4-6(5)2-8(7)10/h1-4H. The Morgan fingerprint density at radius 3 is 1.82 bits per heavy atom. The fourth-order valence-corrected chi connectivity index (χ4v) is 1.68. The molecule has 0 fully saturated rings. The molecule has 0 bridgehead atoms. The van der Waals surface area contributed by atoms with Crippen molar-refractivity contribution in [1.82, 2.24) is 0 Å². The van der Waals surface area contributed by atoms with E-state index in [0.29, 0.717) is 0 Å². The molecule has 1 nitrogen and oxygen atoms in total. The molecule has 0 amide bonds. The molecule has 2 rings (SSSR count). The van der Waals surface area contributed by atoms with E-state index in [1.807, 2.05) is 12.1 Å². The average molecular weight is 276 g/mol. The number of halogens is 2. The minimum atomic E-state index is 1.05. The van der Waals surface area contributed by atoms with Crippen LogP contribution in [0.1, 0.15) is 0 Å². The smallest absolute Gasteiger partial charge is 0.0981 e. The largest absolute Gasteiger partial charge is 0.471 e. The maximum Gasteiger partial charge on any atom is 0.0981 e. The molecule has 56 valence electrons. The lowest BCUT2D eigenvalue weighted by atomic mass is 10.2. The van der Waals surface area contributed by atoms with E-state index in [0.717, 1.165) is 19.7 Å². The molecule has 0 aliphatic rings. The summed E-state index contributed by atoms with van der Waals surface area (Å²) in [6, 6.07) is 4.03. The molecule has 0 unspecified atom stereocenters. The lowest BCUT2D eigenvalue weighted by molar-refractivity contribution is 0.572. The monoisotopic (exact) mass is 274 g/mol. The lowest BCUT2D eigenvalue weighted by Crippen LogP contribution is -1.68. The van der Waals surface area contributed by atoms with E-state index in [-0.39, 0.29) is 0 Å². The van der Waals surface area contributed by atoms with Crippen LogP contribution in [0.2, 0.25) is 0 Å². The Bertz CT molecular complexity index is 356. The van der Waals surface area contributed by atoms with Crippen LogP contribution in [-0.4, -0.2) is 0 Å². The van der Waals surface area contributed by atoms with Gasteiger partial charge in [-0.25, -0.2) is 0 Å². The van der Waals surface area contributed by atoms with Crippen LogP contribution in [0.5, 0.6) is 0 Å². The fourth-order valence-electron chi connectivity index (χ4n) is 0.962. The van der Waals surface area contributed by atoms with Gasteiger partial charge in [-0.1, -0.05) is 0 Å². The second kappa shape index (κ2) is 2.64. The zero-order valence-corrected chi connectivity index (χ0v) is 8.65. The van der Waals surface area contributed by atoms with Crippen LogP contribution in [0.4, 0.5) is 0 Å². The zero-order chi connectivity index (χ0) is 7.84. The van der Waals surface area contributed by atoms with Crippen molar-refractivity contribution in [1.29, 1.82) is 0 Å². The molecule has 0 aliphatic carbocycles. The van der Waals surface area contributed by atoms with E-state index in [1.165, 1.54) is 0 Å². The third-order valence-electron chi connectivity index (χ3n) is 1.52. The quantitative estimate of drug-likeness (QED) is 0.709. The Morgan fingerprint density at radius 2 is 1.36 bits per heavy atom. The molecule has 1 aromatic heterocycles. The second-order valence-corrected chi connectivity index (χ2v) is 3.98. The minimum absolute atomic E-state index is 1.05. The normalized spacial score (nSPS) is 10.7. The van der Waals surface area contributed by atoms with Gasteiger partial charge in [0.05, 0.1) is 12.5 Å². The summed E-state index contributed by atoms with van der Waals surface area (Å²) >= 11 is 6.82. The van der Waals surface area contributed by atoms with E-state index >= 15 is 0 Å². The first kappa shape index (κ1) is 7.37. The molecule has 0 saturated heterocycles. The summed E-state index contributed by atoms with van der Waals surface area (Å²) in [5, 5.41) is 2.22. The van der Waals surface area contributed by atoms with Crippen LogP contribution in [0.15, 0.2) is 38.0 Å². The summed E-state index contributed by atoms with van der Waals surface area (Å²) in [4.78, 5) is 0. The predicted octanol–water partition coefficient (Wildman–Crippen LogP) is 3.96. The summed E-state index contributed by atoms with van der Waals surface area (Å²) < 4.78 is 7.13. The van der Waals surface area contributed by atoms with Gasteiger partial charge in [-0.05, 0) is 44.0 Å². The average Bonchev–Trinajstić information content (AvgIpc) is 2.36. The van der Waals surface area contributed by atoms with Crippen LogP contribution in [0.25, 0.3) is 10.8 Å². The maximum absolute atomic E-state index is 5.03. The second-order valence-electron chi connectivity index (χ2n) is 2.27. The van der Waals surface area contributed by atoms with Crippen molar-refractivity contribution >= 4 is 42.6 Å². The molecule has 0 atom stereocenters. The highest BCUT2D eigenvalue weighted by Gasteiger charge is 2.00. The number of hydrogen-bond acceptors (Lipinski definition) is 1. The first-order valence-corrected chi connectivity index (χ1v) is 4.67. The topological polar surface area (TPSA) is 13.1 Å². The van der Waals surface area contributed by atoms with Gasteiger partial charge in [0, 0.05) is 19.7 Å². The fraction of sp³-hybridized carbons (Fsp3) is 0. The van der Waals surface area contributed by atoms with Gasteiger partial charge in [0.25, 0.3) is 0 Å². The Labute approximate surface area is 80.6 Å². The van der Waals surface area contributed by atoms with Gasteiger partial charge in [0.2, 0.25) is 0 Å². The molecule has 0 aliphatic heterocycles. The highest BCUT2D eigenvalue weighted by molar-refractivity contribution is 9.13. The molecule has 0 N–H and O–H groups in total. The van der Waals surface area contributed by atoms with Gasteiger partial charge in [-0.3, -0.25) is 0 Å². The number of furan rings is 1. The van der Waals surface area contributed by atoms with Gasteiger partial charge in [0.15, 0.2) is 0 Å². The van der Waals surface area contributed by atoms with Crippen molar-refractivity contribution in [3.8, 4) is 0 Å². The summed E-state index contributed by atoms with van der Waals surface area (Å²) in [5.41, 5.74) is 0. The number of fused-ring (bicyclic) bond motifs is 1. The van der Waals surface area contributed by atoms with E-state index < -0.39 is 0 Å². The van der Waals surface area contributed by atoms with Crippen molar-refractivity contribution in [2.75, 3.05) is 0 Å². The Kier molecular flexibility index (Phi) is 1.77. The minimum Gasteiger partial charge on any atom is -0.471 e. The maximum atomic E-state index is 5.03. The predicted molar refractivity (Wildman–Crippen MR) is 51.6 cm³/mol. The first-order chi connectivity index (χ1) is 5.27. The highest BCUT2D eigenvalue weighted by Crippen LogP contribution is 2.28. The Morgan fingerprint density at radius 1 is 0.909 bits per heavy atom. The van der Waals surface area contributed by atoms with Crippen LogP contribution in [0.3, 0.4) is 0 Å². The van der Waals surface area contributed by atoms with Crippen LogP contribution in [-0.2, 0) is 0 Å². The molecule has 0 saturated carbocycles. The van der Waals surface area contributed by atoms with E-state index in [9.17, 15) is 0 Å². The van der Waals surface area contributed by atoms with Crippen molar-refractivity contribution < 1.29 is 4.42 Å². The third kappa shape index (κ3) is 1.23. The highest BCUT2D eigenvalue weighted by atomic mass is 79.9. The number of hydrogen-bond donors (Lipinski definition) is 0. The van der Waals surface area contributed by atoms with Gasteiger partial charge in [0.1, 0.15) is 0 Å². The molecule has 3 heteroatoms. The van der Waals surface area contributed by atoms with Crippen molar-refractivity contribution in [2.24, 2.45) is 0 Å². The van der Waals surface area contributed by atoms with Gasteiger partial charge in [-0.2, -0.15) is 0 Å². The van der Waals surface area contributed by atoms with Gasteiger partial charge < -0.3 is 4.42 Å².